The Kier molecular flexibility index (Phi) is 5.05. The summed E-state index contributed by atoms with van der Waals surface area (Å²) >= 11 is 0. The Balaban J connectivity index is 1.90. The minimum Gasteiger partial charge on any atom is -0.404 e. The topological polar surface area (TPSA) is 34.2 Å². The van der Waals surface area contributed by atoms with Gasteiger partial charge in [0, 0.05) is 29.2 Å². The molecule has 0 bridgehead atoms. The Hall–Kier alpha value is -2.07. The Morgan fingerprint density at radius 2 is 1.79 bits per heavy atom. The van der Waals surface area contributed by atoms with Gasteiger partial charge in [0.2, 0.25) is 0 Å². The van der Waals surface area contributed by atoms with Crippen LogP contribution in [-0.2, 0) is 0 Å². The number of aryl methyl sites for hydroxylation is 1. The van der Waals surface area contributed by atoms with Gasteiger partial charge in [-0.3, -0.25) is 4.90 Å². The largest absolute Gasteiger partial charge is 0.404 e. The second-order valence-electron chi connectivity index (χ2n) is 6.63. The summed E-state index contributed by atoms with van der Waals surface area (Å²) < 4.78 is 15.4. The van der Waals surface area contributed by atoms with Gasteiger partial charge < -0.3 is 10.3 Å². The lowest BCUT2D eigenvalue weighted by atomic mass is 10.0. The van der Waals surface area contributed by atoms with Crippen molar-refractivity contribution in [1.29, 1.82) is 0 Å². The molecule has 0 atom stereocenters. The number of hydrogen-bond acceptors (Lipinski definition) is 2. The van der Waals surface area contributed by atoms with Crippen LogP contribution in [0.25, 0.3) is 11.3 Å². The highest BCUT2D eigenvalue weighted by Crippen LogP contribution is 2.27. The fourth-order valence-electron chi connectivity index (χ4n) is 3.66. The third kappa shape index (κ3) is 3.39. The molecular formula is C20H26FN3. The van der Waals surface area contributed by atoms with E-state index in [0.29, 0.717) is 0 Å². The van der Waals surface area contributed by atoms with E-state index in [1.807, 2.05) is 12.1 Å². The molecule has 0 radical (unpaired) electrons. The molecule has 3 nitrogen and oxygen atoms in total. The van der Waals surface area contributed by atoms with Crippen LogP contribution in [0.2, 0.25) is 0 Å². The van der Waals surface area contributed by atoms with Crippen molar-refractivity contribution in [2.24, 2.45) is 5.73 Å². The SMILES string of the molecule is Cc1cc(/C(=C/N)CN2CCCCC2)c(C)n1-c1ccc(F)cc1. The molecule has 24 heavy (non-hydrogen) atoms. The molecule has 0 unspecified atom stereocenters. The second-order valence-corrected chi connectivity index (χ2v) is 6.63. The van der Waals surface area contributed by atoms with Gasteiger partial charge in [0.15, 0.2) is 0 Å². The van der Waals surface area contributed by atoms with Crippen LogP contribution in [0.3, 0.4) is 0 Å². The van der Waals surface area contributed by atoms with Crippen LogP contribution < -0.4 is 5.73 Å². The maximum atomic E-state index is 13.2. The normalized spacial score (nSPS) is 16.5. The average Bonchev–Trinajstić information content (AvgIpc) is 2.89. The van der Waals surface area contributed by atoms with Crippen molar-refractivity contribution in [2.75, 3.05) is 19.6 Å². The minimum absolute atomic E-state index is 0.214. The van der Waals surface area contributed by atoms with Gasteiger partial charge in [0.1, 0.15) is 5.82 Å². The lowest BCUT2D eigenvalue weighted by molar-refractivity contribution is 0.255. The van der Waals surface area contributed by atoms with Crippen LogP contribution in [0.15, 0.2) is 36.5 Å². The van der Waals surface area contributed by atoms with Crippen LogP contribution in [0.5, 0.6) is 0 Å². The zero-order chi connectivity index (χ0) is 17.1. The predicted molar refractivity (Wildman–Crippen MR) is 97.7 cm³/mol. The molecule has 1 fully saturated rings. The molecule has 3 rings (SSSR count). The van der Waals surface area contributed by atoms with Crippen LogP contribution in [0.4, 0.5) is 4.39 Å². The van der Waals surface area contributed by atoms with Gasteiger partial charge in [0.25, 0.3) is 0 Å². The Labute approximate surface area is 143 Å². The Morgan fingerprint density at radius 1 is 1.12 bits per heavy atom. The van der Waals surface area contributed by atoms with Gasteiger partial charge in [-0.1, -0.05) is 6.42 Å². The van der Waals surface area contributed by atoms with E-state index in [1.165, 1.54) is 42.5 Å². The van der Waals surface area contributed by atoms with Crippen molar-refractivity contribution < 1.29 is 4.39 Å². The Morgan fingerprint density at radius 3 is 2.42 bits per heavy atom. The maximum Gasteiger partial charge on any atom is 0.123 e. The number of likely N-dealkylation sites (tertiary alicyclic amines) is 1. The van der Waals surface area contributed by atoms with Gasteiger partial charge in [0.05, 0.1) is 0 Å². The molecule has 2 heterocycles. The molecule has 1 aliphatic rings. The van der Waals surface area contributed by atoms with Crippen LogP contribution in [0, 0.1) is 19.7 Å². The fraction of sp³-hybridized carbons (Fsp3) is 0.400. The van der Waals surface area contributed by atoms with Gasteiger partial charge in [-0.25, -0.2) is 4.39 Å². The van der Waals surface area contributed by atoms with E-state index < -0.39 is 0 Å². The number of rotatable bonds is 4. The summed E-state index contributed by atoms with van der Waals surface area (Å²) in [5, 5.41) is 0. The number of halogens is 1. The molecule has 0 spiro atoms. The molecule has 2 aromatic rings. The van der Waals surface area contributed by atoms with Gasteiger partial charge in [-0.05, 0) is 81.9 Å². The van der Waals surface area contributed by atoms with Crippen LogP contribution in [-0.4, -0.2) is 29.1 Å². The number of nitrogens with two attached hydrogens (primary N) is 1. The zero-order valence-electron chi connectivity index (χ0n) is 14.6. The second kappa shape index (κ2) is 7.22. The molecule has 4 heteroatoms. The predicted octanol–water partition coefficient (Wildman–Crippen LogP) is 4.02. The highest BCUT2D eigenvalue weighted by molar-refractivity contribution is 5.70. The molecule has 1 aliphatic heterocycles. The average molecular weight is 327 g/mol. The zero-order valence-corrected chi connectivity index (χ0v) is 14.6. The van der Waals surface area contributed by atoms with Crippen molar-refractivity contribution >= 4 is 5.57 Å². The molecule has 0 aliphatic carbocycles. The summed E-state index contributed by atoms with van der Waals surface area (Å²) in [7, 11) is 0. The van der Waals surface area contributed by atoms with Crippen molar-refractivity contribution in [2.45, 2.75) is 33.1 Å². The highest BCUT2D eigenvalue weighted by atomic mass is 19.1. The summed E-state index contributed by atoms with van der Waals surface area (Å²) in [6.45, 7) is 7.37. The van der Waals surface area contributed by atoms with Gasteiger partial charge in [-0.2, -0.15) is 0 Å². The van der Waals surface area contributed by atoms with Crippen molar-refractivity contribution in [3.8, 4) is 5.69 Å². The van der Waals surface area contributed by atoms with E-state index in [4.69, 9.17) is 5.73 Å². The number of hydrogen-bond donors (Lipinski definition) is 1. The number of nitrogens with zero attached hydrogens (tertiary/aromatic N) is 2. The summed E-state index contributed by atoms with van der Waals surface area (Å²) in [5.74, 6) is -0.214. The first-order valence-corrected chi connectivity index (χ1v) is 8.68. The monoisotopic (exact) mass is 327 g/mol. The highest BCUT2D eigenvalue weighted by Gasteiger charge is 2.17. The summed E-state index contributed by atoms with van der Waals surface area (Å²) in [4.78, 5) is 2.48. The third-order valence-electron chi connectivity index (χ3n) is 4.91. The summed E-state index contributed by atoms with van der Waals surface area (Å²) in [6.07, 6.45) is 5.61. The summed E-state index contributed by atoms with van der Waals surface area (Å²) in [6, 6.07) is 8.81. The lowest BCUT2D eigenvalue weighted by Crippen LogP contribution is -2.31. The number of piperidine rings is 1. The van der Waals surface area contributed by atoms with E-state index >= 15 is 0 Å². The quantitative estimate of drug-likeness (QED) is 0.920. The smallest absolute Gasteiger partial charge is 0.123 e. The van der Waals surface area contributed by atoms with E-state index in [9.17, 15) is 4.39 Å². The third-order valence-corrected chi connectivity index (χ3v) is 4.91. The van der Waals surface area contributed by atoms with E-state index in [2.05, 4.69) is 29.4 Å². The molecule has 1 aromatic carbocycles. The molecule has 2 N–H and O–H groups in total. The standard InChI is InChI=1S/C20H26FN3/c1-15-12-20(17(13-22)14-23-10-4-3-5-11-23)16(2)24(15)19-8-6-18(21)7-9-19/h6-9,12-13H,3-5,10-11,14,22H2,1-2H3/b17-13+. The van der Waals surface area contributed by atoms with E-state index in [0.717, 1.165) is 36.7 Å². The van der Waals surface area contributed by atoms with E-state index in [-0.39, 0.29) is 5.82 Å². The molecule has 0 saturated carbocycles. The number of benzene rings is 1. The molecular weight excluding hydrogens is 301 g/mol. The number of aromatic nitrogens is 1. The summed E-state index contributed by atoms with van der Waals surface area (Å²) in [5.41, 5.74) is 11.6. The maximum absolute atomic E-state index is 13.2. The first-order chi connectivity index (χ1) is 11.6. The Bertz CT molecular complexity index is 722. The molecule has 128 valence electrons. The molecule has 1 aromatic heterocycles. The molecule has 1 saturated heterocycles. The van der Waals surface area contributed by atoms with E-state index in [1.54, 1.807) is 6.20 Å². The van der Waals surface area contributed by atoms with Crippen LogP contribution >= 0.6 is 0 Å². The van der Waals surface area contributed by atoms with Crippen molar-refractivity contribution in [3.63, 3.8) is 0 Å². The van der Waals surface area contributed by atoms with Gasteiger partial charge >= 0.3 is 0 Å². The van der Waals surface area contributed by atoms with Gasteiger partial charge in [-0.15, -0.1) is 0 Å². The minimum atomic E-state index is -0.214. The first-order valence-electron chi connectivity index (χ1n) is 8.68. The molecule has 0 amide bonds. The lowest BCUT2D eigenvalue weighted by Gasteiger charge is -2.27. The van der Waals surface area contributed by atoms with Crippen molar-refractivity contribution in [1.82, 2.24) is 9.47 Å². The van der Waals surface area contributed by atoms with Crippen LogP contribution in [0.1, 0.15) is 36.2 Å². The first kappa shape index (κ1) is 16.8. The fourth-order valence-corrected chi connectivity index (χ4v) is 3.66. The van der Waals surface area contributed by atoms with Crippen molar-refractivity contribution in [3.05, 3.63) is 59.3 Å².